The summed E-state index contributed by atoms with van der Waals surface area (Å²) in [5, 5.41) is 0. The largest absolute Gasteiger partial charge is 0.347 e. The van der Waals surface area contributed by atoms with Crippen molar-refractivity contribution >= 4 is 24.2 Å². The Labute approximate surface area is 141 Å². The van der Waals surface area contributed by atoms with Crippen LogP contribution in [0.25, 0.3) is 0 Å². The van der Waals surface area contributed by atoms with Crippen LogP contribution >= 0.6 is 12.4 Å². The highest BCUT2D eigenvalue weighted by Gasteiger charge is 2.34. The minimum atomic E-state index is -0.0392. The number of nitrogens with two attached hydrogens (primary N) is 1. The summed E-state index contributed by atoms with van der Waals surface area (Å²) in [6.45, 7) is 3.42. The van der Waals surface area contributed by atoms with E-state index in [9.17, 15) is 9.59 Å². The molecular weight excluding hydrogens is 302 g/mol. The van der Waals surface area contributed by atoms with Crippen molar-refractivity contribution in [3.63, 3.8) is 0 Å². The molecule has 1 rings (SSSR count). The Bertz CT molecular complexity index is 355. The normalized spacial score (nSPS) is 16.5. The van der Waals surface area contributed by atoms with Gasteiger partial charge in [0.2, 0.25) is 11.8 Å². The van der Waals surface area contributed by atoms with Crippen molar-refractivity contribution in [2.24, 2.45) is 11.1 Å². The molecule has 0 heterocycles. The van der Waals surface area contributed by atoms with Crippen molar-refractivity contribution in [1.82, 2.24) is 9.80 Å². The van der Waals surface area contributed by atoms with E-state index in [1.807, 2.05) is 6.92 Å². The zero-order chi connectivity index (χ0) is 15.9. The fourth-order valence-corrected chi connectivity index (χ4v) is 3.05. The van der Waals surface area contributed by atoms with Crippen molar-refractivity contribution in [1.29, 1.82) is 0 Å². The molecule has 1 aliphatic rings. The molecule has 0 spiro atoms. The Kier molecular flexibility index (Phi) is 9.69. The van der Waals surface area contributed by atoms with Crippen LogP contribution in [-0.4, -0.2) is 55.3 Å². The van der Waals surface area contributed by atoms with E-state index in [0.717, 1.165) is 32.1 Å². The van der Waals surface area contributed by atoms with E-state index in [2.05, 4.69) is 0 Å². The molecule has 6 heteroatoms. The molecule has 0 aliphatic heterocycles. The molecule has 1 saturated carbocycles. The van der Waals surface area contributed by atoms with E-state index in [4.69, 9.17) is 5.73 Å². The van der Waals surface area contributed by atoms with Crippen LogP contribution in [0.15, 0.2) is 0 Å². The van der Waals surface area contributed by atoms with Crippen molar-refractivity contribution in [3.8, 4) is 0 Å². The smallest absolute Gasteiger partial charge is 0.241 e. The van der Waals surface area contributed by atoms with E-state index in [0.29, 0.717) is 19.5 Å². The standard InChI is InChI=1S/C16H31N3O2.ClH/c1-4-10-19(12-15(21)18(2)3)14(20)11-16(13-17)8-6-5-7-9-16;/h4-13,17H2,1-3H3;1H. The lowest BCUT2D eigenvalue weighted by Gasteiger charge is -2.37. The Hall–Kier alpha value is -0.810. The predicted octanol–water partition coefficient (Wildman–Crippen LogP) is 2.03. The van der Waals surface area contributed by atoms with Crippen LogP contribution in [0, 0.1) is 5.41 Å². The SMILES string of the molecule is CCCN(CC(=O)N(C)C)C(=O)CC1(CN)CCCCC1.Cl. The highest BCUT2D eigenvalue weighted by atomic mass is 35.5. The summed E-state index contributed by atoms with van der Waals surface area (Å²) in [7, 11) is 3.44. The van der Waals surface area contributed by atoms with Crippen LogP contribution in [0.5, 0.6) is 0 Å². The highest BCUT2D eigenvalue weighted by Crippen LogP contribution is 2.38. The van der Waals surface area contributed by atoms with Gasteiger partial charge in [-0.1, -0.05) is 26.2 Å². The Morgan fingerprint density at radius 3 is 2.14 bits per heavy atom. The Morgan fingerprint density at radius 1 is 1.09 bits per heavy atom. The molecule has 22 heavy (non-hydrogen) atoms. The molecule has 0 unspecified atom stereocenters. The van der Waals surface area contributed by atoms with Crippen LogP contribution < -0.4 is 5.73 Å². The van der Waals surface area contributed by atoms with Gasteiger partial charge in [0.05, 0.1) is 6.54 Å². The molecule has 0 aromatic heterocycles. The van der Waals surface area contributed by atoms with Crippen LogP contribution in [0.2, 0.25) is 0 Å². The van der Waals surface area contributed by atoms with Crippen molar-refractivity contribution in [3.05, 3.63) is 0 Å². The third-order valence-corrected chi connectivity index (χ3v) is 4.54. The quantitative estimate of drug-likeness (QED) is 0.775. The van der Waals surface area contributed by atoms with Crippen LogP contribution in [0.4, 0.5) is 0 Å². The number of hydrogen-bond donors (Lipinski definition) is 1. The maximum Gasteiger partial charge on any atom is 0.241 e. The van der Waals surface area contributed by atoms with Gasteiger partial charge in [0.25, 0.3) is 0 Å². The average Bonchev–Trinajstić information content (AvgIpc) is 2.47. The lowest BCUT2D eigenvalue weighted by Crippen LogP contribution is -2.44. The van der Waals surface area contributed by atoms with Gasteiger partial charge >= 0.3 is 0 Å². The second-order valence-electron chi connectivity index (χ2n) is 6.55. The average molecular weight is 334 g/mol. The summed E-state index contributed by atoms with van der Waals surface area (Å²) in [6.07, 6.45) is 7.00. The molecule has 5 nitrogen and oxygen atoms in total. The lowest BCUT2D eigenvalue weighted by atomic mass is 9.71. The van der Waals surface area contributed by atoms with Gasteiger partial charge in [-0.25, -0.2) is 0 Å². The topological polar surface area (TPSA) is 66.6 Å². The third-order valence-electron chi connectivity index (χ3n) is 4.54. The maximum absolute atomic E-state index is 12.6. The molecule has 2 N–H and O–H groups in total. The first-order valence-corrected chi connectivity index (χ1v) is 8.12. The number of amides is 2. The van der Waals surface area contributed by atoms with Crippen molar-refractivity contribution in [2.75, 3.05) is 33.7 Å². The highest BCUT2D eigenvalue weighted by molar-refractivity contribution is 5.85. The Balaban J connectivity index is 0.00000441. The number of hydrogen-bond acceptors (Lipinski definition) is 3. The van der Waals surface area contributed by atoms with E-state index < -0.39 is 0 Å². The number of nitrogens with zero attached hydrogens (tertiary/aromatic N) is 2. The lowest BCUT2D eigenvalue weighted by molar-refractivity contribution is -0.141. The number of carbonyl (C=O) groups is 2. The zero-order valence-corrected chi connectivity index (χ0v) is 15.1. The predicted molar refractivity (Wildman–Crippen MR) is 92.0 cm³/mol. The summed E-state index contributed by atoms with van der Waals surface area (Å²) in [5.41, 5.74) is 5.93. The molecule has 0 radical (unpaired) electrons. The van der Waals surface area contributed by atoms with Gasteiger partial charge in [-0.2, -0.15) is 0 Å². The second kappa shape index (κ2) is 10.1. The van der Waals surface area contributed by atoms with E-state index in [1.54, 1.807) is 19.0 Å². The molecule has 0 atom stereocenters. The van der Waals surface area contributed by atoms with Crippen molar-refractivity contribution in [2.45, 2.75) is 51.9 Å². The molecule has 0 aromatic carbocycles. The number of carbonyl (C=O) groups excluding carboxylic acids is 2. The molecule has 130 valence electrons. The van der Waals surface area contributed by atoms with E-state index in [1.165, 1.54) is 11.3 Å². The molecule has 0 saturated heterocycles. The Morgan fingerprint density at radius 2 is 1.68 bits per heavy atom. The van der Waals surface area contributed by atoms with Crippen LogP contribution in [-0.2, 0) is 9.59 Å². The van der Waals surface area contributed by atoms with E-state index >= 15 is 0 Å². The number of rotatable bonds is 7. The van der Waals surface area contributed by atoms with E-state index in [-0.39, 0.29) is 36.2 Å². The van der Waals surface area contributed by atoms with Gasteiger partial charge in [0.15, 0.2) is 0 Å². The molecule has 0 bridgehead atoms. The molecule has 1 aliphatic carbocycles. The minimum Gasteiger partial charge on any atom is -0.347 e. The van der Waals surface area contributed by atoms with Gasteiger partial charge in [0.1, 0.15) is 0 Å². The second-order valence-corrected chi connectivity index (χ2v) is 6.55. The third kappa shape index (κ3) is 6.13. The summed E-state index contributed by atoms with van der Waals surface area (Å²) >= 11 is 0. The molecule has 1 fully saturated rings. The summed E-state index contributed by atoms with van der Waals surface area (Å²) in [4.78, 5) is 27.7. The summed E-state index contributed by atoms with van der Waals surface area (Å²) in [5.74, 6) is 0.0571. The fraction of sp³-hybridized carbons (Fsp3) is 0.875. The molecular formula is C16H32ClN3O2. The first kappa shape index (κ1) is 21.2. The monoisotopic (exact) mass is 333 g/mol. The van der Waals surface area contributed by atoms with Gasteiger partial charge < -0.3 is 15.5 Å². The van der Waals surface area contributed by atoms with Gasteiger partial charge in [0, 0.05) is 27.1 Å². The zero-order valence-electron chi connectivity index (χ0n) is 14.3. The fourth-order valence-electron chi connectivity index (χ4n) is 3.05. The summed E-state index contributed by atoms with van der Waals surface area (Å²) < 4.78 is 0. The van der Waals surface area contributed by atoms with Crippen LogP contribution in [0.1, 0.15) is 51.9 Å². The first-order valence-electron chi connectivity index (χ1n) is 8.12. The maximum atomic E-state index is 12.6. The number of likely N-dealkylation sites (N-methyl/N-ethyl adjacent to an activating group) is 1. The molecule has 0 aromatic rings. The van der Waals surface area contributed by atoms with Gasteiger partial charge in [-0.05, 0) is 31.2 Å². The van der Waals surface area contributed by atoms with Gasteiger partial charge in [-0.3, -0.25) is 9.59 Å². The molecule has 2 amide bonds. The van der Waals surface area contributed by atoms with Crippen LogP contribution in [0.3, 0.4) is 0 Å². The first-order chi connectivity index (χ1) is 9.94. The van der Waals surface area contributed by atoms with Gasteiger partial charge in [-0.15, -0.1) is 12.4 Å². The summed E-state index contributed by atoms with van der Waals surface area (Å²) in [6, 6.07) is 0. The number of halogens is 1. The van der Waals surface area contributed by atoms with Crippen molar-refractivity contribution < 1.29 is 9.59 Å². The minimum absolute atomic E-state index is 0.